The van der Waals surface area contributed by atoms with E-state index in [0.29, 0.717) is 27.8 Å². The number of thiophene rings is 1. The van der Waals surface area contributed by atoms with E-state index in [2.05, 4.69) is 5.32 Å². The standard InChI is InChI=1S/C19H16ClNO3S/c1-3-24-19(23)17-11(2)14-10-12(8-9-16(14)25-17)21-18(22)13-6-4-5-7-15(13)20/h4-10H,3H2,1-2H3,(H,21,22). The smallest absolute Gasteiger partial charge is 0.348 e. The van der Waals surface area contributed by atoms with E-state index in [0.717, 1.165) is 15.6 Å². The summed E-state index contributed by atoms with van der Waals surface area (Å²) in [5.74, 6) is -0.591. The van der Waals surface area contributed by atoms with Gasteiger partial charge in [-0.1, -0.05) is 23.7 Å². The maximum atomic E-state index is 12.4. The zero-order valence-corrected chi connectivity index (χ0v) is 15.3. The van der Waals surface area contributed by atoms with Gasteiger partial charge < -0.3 is 10.1 Å². The first-order chi connectivity index (χ1) is 12.0. The predicted octanol–water partition coefficient (Wildman–Crippen LogP) is 5.29. The van der Waals surface area contributed by atoms with Gasteiger partial charge in [0.05, 0.1) is 17.2 Å². The Balaban J connectivity index is 1.91. The third-order valence-electron chi connectivity index (χ3n) is 3.77. The van der Waals surface area contributed by atoms with Gasteiger partial charge in [-0.05, 0) is 55.1 Å². The van der Waals surface area contributed by atoms with E-state index >= 15 is 0 Å². The van der Waals surface area contributed by atoms with Crippen LogP contribution in [0.4, 0.5) is 5.69 Å². The number of ether oxygens (including phenoxy) is 1. The van der Waals surface area contributed by atoms with E-state index in [1.807, 2.05) is 25.1 Å². The number of amides is 1. The SMILES string of the molecule is CCOC(=O)c1sc2ccc(NC(=O)c3ccccc3Cl)cc2c1C. The van der Waals surface area contributed by atoms with Crippen LogP contribution in [0.3, 0.4) is 0 Å². The number of anilines is 1. The Kier molecular flexibility index (Phi) is 5.06. The molecule has 0 atom stereocenters. The van der Waals surface area contributed by atoms with E-state index in [1.54, 1.807) is 31.2 Å². The summed E-state index contributed by atoms with van der Waals surface area (Å²) in [6, 6.07) is 12.4. The number of esters is 1. The summed E-state index contributed by atoms with van der Waals surface area (Å²) < 4.78 is 6.06. The maximum Gasteiger partial charge on any atom is 0.348 e. The van der Waals surface area contributed by atoms with Gasteiger partial charge in [0.25, 0.3) is 5.91 Å². The first kappa shape index (κ1) is 17.5. The Morgan fingerprint density at radius 2 is 1.96 bits per heavy atom. The maximum absolute atomic E-state index is 12.4. The molecule has 4 nitrogen and oxygen atoms in total. The molecule has 0 aliphatic carbocycles. The Morgan fingerprint density at radius 1 is 1.20 bits per heavy atom. The highest BCUT2D eigenvalue weighted by atomic mass is 35.5. The normalized spacial score (nSPS) is 10.7. The van der Waals surface area contributed by atoms with Gasteiger partial charge >= 0.3 is 5.97 Å². The number of fused-ring (bicyclic) bond motifs is 1. The molecule has 0 aliphatic rings. The third-order valence-corrected chi connectivity index (χ3v) is 5.36. The molecule has 6 heteroatoms. The van der Waals surface area contributed by atoms with Crippen molar-refractivity contribution in [1.29, 1.82) is 0 Å². The van der Waals surface area contributed by atoms with Crippen LogP contribution in [0.2, 0.25) is 5.02 Å². The van der Waals surface area contributed by atoms with Crippen LogP contribution in [-0.2, 0) is 4.74 Å². The first-order valence-corrected chi connectivity index (χ1v) is 8.97. The lowest BCUT2D eigenvalue weighted by Crippen LogP contribution is -2.12. The average molecular weight is 374 g/mol. The van der Waals surface area contributed by atoms with E-state index in [4.69, 9.17) is 16.3 Å². The number of nitrogens with one attached hydrogen (secondary N) is 1. The van der Waals surface area contributed by atoms with Crippen molar-refractivity contribution < 1.29 is 14.3 Å². The number of carbonyl (C=O) groups excluding carboxylic acids is 2. The molecule has 2 aromatic carbocycles. The molecular weight excluding hydrogens is 358 g/mol. The minimum Gasteiger partial charge on any atom is -0.462 e. The predicted molar refractivity (Wildman–Crippen MR) is 102 cm³/mol. The average Bonchev–Trinajstić information content (AvgIpc) is 2.92. The molecule has 0 spiro atoms. The van der Waals surface area contributed by atoms with Crippen molar-refractivity contribution in [1.82, 2.24) is 0 Å². The largest absolute Gasteiger partial charge is 0.462 e. The zero-order chi connectivity index (χ0) is 18.0. The number of carbonyl (C=O) groups is 2. The van der Waals surface area contributed by atoms with Crippen molar-refractivity contribution >= 4 is 50.6 Å². The molecule has 0 unspecified atom stereocenters. The summed E-state index contributed by atoms with van der Waals surface area (Å²) >= 11 is 7.45. The fourth-order valence-electron chi connectivity index (χ4n) is 2.53. The summed E-state index contributed by atoms with van der Waals surface area (Å²) in [6.45, 7) is 4.00. The Hall–Kier alpha value is -2.37. The van der Waals surface area contributed by atoms with Gasteiger partial charge in [0.15, 0.2) is 0 Å². The lowest BCUT2D eigenvalue weighted by molar-refractivity contribution is 0.0531. The molecule has 128 valence electrons. The zero-order valence-electron chi connectivity index (χ0n) is 13.8. The van der Waals surface area contributed by atoms with Gasteiger partial charge in [0, 0.05) is 10.4 Å². The van der Waals surface area contributed by atoms with Crippen LogP contribution in [-0.4, -0.2) is 18.5 Å². The monoisotopic (exact) mass is 373 g/mol. The van der Waals surface area contributed by atoms with E-state index in [-0.39, 0.29) is 11.9 Å². The molecule has 1 amide bonds. The number of benzene rings is 2. The van der Waals surface area contributed by atoms with Gasteiger partial charge in [0.2, 0.25) is 0 Å². The molecular formula is C19H16ClNO3S. The van der Waals surface area contributed by atoms with Crippen LogP contribution in [0.1, 0.15) is 32.5 Å². The number of rotatable bonds is 4. The molecule has 0 bridgehead atoms. The number of aryl methyl sites for hydroxylation is 1. The highest BCUT2D eigenvalue weighted by Gasteiger charge is 2.17. The second-order valence-electron chi connectivity index (χ2n) is 5.42. The number of hydrogen-bond acceptors (Lipinski definition) is 4. The Morgan fingerprint density at radius 3 is 2.68 bits per heavy atom. The van der Waals surface area contributed by atoms with Gasteiger partial charge in [-0.2, -0.15) is 0 Å². The Labute approximate surface area is 154 Å². The molecule has 25 heavy (non-hydrogen) atoms. The molecule has 3 aromatic rings. The van der Waals surface area contributed by atoms with Crippen molar-refractivity contribution in [2.24, 2.45) is 0 Å². The topological polar surface area (TPSA) is 55.4 Å². The van der Waals surface area contributed by atoms with E-state index < -0.39 is 0 Å². The minimum absolute atomic E-state index is 0.275. The molecule has 1 N–H and O–H groups in total. The summed E-state index contributed by atoms with van der Waals surface area (Å²) in [5.41, 5.74) is 1.92. The van der Waals surface area contributed by atoms with Crippen LogP contribution in [0.25, 0.3) is 10.1 Å². The summed E-state index contributed by atoms with van der Waals surface area (Å²) in [6.07, 6.45) is 0. The quantitative estimate of drug-likeness (QED) is 0.632. The molecule has 0 radical (unpaired) electrons. The lowest BCUT2D eigenvalue weighted by atomic mass is 10.1. The fraction of sp³-hybridized carbons (Fsp3) is 0.158. The van der Waals surface area contributed by atoms with Crippen molar-refractivity contribution in [3.8, 4) is 0 Å². The highest BCUT2D eigenvalue weighted by molar-refractivity contribution is 7.21. The molecule has 3 rings (SSSR count). The highest BCUT2D eigenvalue weighted by Crippen LogP contribution is 2.33. The first-order valence-electron chi connectivity index (χ1n) is 7.77. The van der Waals surface area contributed by atoms with Crippen LogP contribution in [0.15, 0.2) is 42.5 Å². The van der Waals surface area contributed by atoms with Crippen molar-refractivity contribution in [3.63, 3.8) is 0 Å². The minimum atomic E-state index is -0.317. The molecule has 0 fully saturated rings. The van der Waals surface area contributed by atoms with Crippen molar-refractivity contribution in [2.75, 3.05) is 11.9 Å². The number of halogens is 1. The Bertz CT molecular complexity index is 964. The van der Waals surface area contributed by atoms with Crippen molar-refractivity contribution in [2.45, 2.75) is 13.8 Å². The molecule has 0 aliphatic heterocycles. The second kappa shape index (κ2) is 7.25. The molecule has 1 heterocycles. The van der Waals surface area contributed by atoms with E-state index in [9.17, 15) is 9.59 Å². The molecule has 0 saturated heterocycles. The fourth-order valence-corrected chi connectivity index (χ4v) is 3.84. The van der Waals surface area contributed by atoms with E-state index in [1.165, 1.54) is 11.3 Å². The summed E-state index contributed by atoms with van der Waals surface area (Å²) in [5, 5.41) is 4.17. The van der Waals surface area contributed by atoms with Crippen LogP contribution in [0.5, 0.6) is 0 Å². The van der Waals surface area contributed by atoms with Gasteiger partial charge in [0.1, 0.15) is 4.88 Å². The molecule has 1 aromatic heterocycles. The van der Waals surface area contributed by atoms with Crippen LogP contribution in [0, 0.1) is 6.92 Å². The second-order valence-corrected chi connectivity index (χ2v) is 6.88. The lowest BCUT2D eigenvalue weighted by Gasteiger charge is -2.07. The van der Waals surface area contributed by atoms with Gasteiger partial charge in [-0.3, -0.25) is 4.79 Å². The summed E-state index contributed by atoms with van der Waals surface area (Å²) in [4.78, 5) is 25.0. The number of hydrogen-bond donors (Lipinski definition) is 1. The van der Waals surface area contributed by atoms with Gasteiger partial charge in [-0.15, -0.1) is 11.3 Å². The van der Waals surface area contributed by atoms with Gasteiger partial charge in [-0.25, -0.2) is 4.79 Å². The van der Waals surface area contributed by atoms with Crippen molar-refractivity contribution in [3.05, 3.63) is 63.5 Å². The third kappa shape index (κ3) is 3.52. The molecule has 0 saturated carbocycles. The summed E-state index contributed by atoms with van der Waals surface area (Å²) in [7, 11) is 0. The van der Waals surface area contributed by atoms with Crippen LogP contribution >= 0.6 is 22.9 Å². The van der Waals surface area contributed by atoms with Crippen LogP contribution < -0.4 is 5.32 Å².